The lowest BCUT2D eigenvalue weighted by Gasteiger charge is -2.22. The first kappa shape index (κ1) is 21.5. The number of nitrogens with one attached hydrogen (secondary N) is 1. The van der Waals surface area contributed by atoms with Crippen LogP contribution in [0, 0.1) is 17.5 Å². The molecule has 0 aliphatic rings. The fourth-order valence-corrected chi connectivity index (χ4v) is 2.03. The lowest BCUT2D eigenvalue weighted by Crippen LogP contribution is -2.43. The van der Waals surface area contributed by atoms with Gasteiger partial charge in [0.1, 0.15) is 11.6 Å². The topological polar surface area (TPSA) is 92.7 Å². The Morgan fingerprint density at radius 2 is 1.69 bits per heavy atom. The summed E-state index contributed by atoms with van der Waals surface area (Å²) in [4.78, 5) is 34.7. The smallest absolute Gasteiger partial charge is 0.408 e. The Kier molecular flexibility index (Phi) is 7.17. The average Bonchev–Trinajstić information content (AvgIpc) is 2.48. The molecule has 0 aromatic heterocycles. The minimum atomic E-state index is -1.67. The number of halogens is 3. The first-order valence-corrected chi connectivity index (χ1v) is 7.81. The lowest BCUT2D eigenvalue weighted by molar-refractivity contribution is -0.139. The number of carbonyl (C=O) groups excluding carboxylic acids is 2. The zero-order chi connectivity index (χ0) is 20.1. The number of carboxylic acids is 1. The summed E-state index contributed by atoms with van der Waals surface area (Å²) in [5.74, 6) is -6.63. The van der Waals surface area contributed by atoms with E-state index in [1.807, 2.05) is 0 Å². The van der Waals surface area contributed by atoms with Gasteiger partial charge in [-0.3, -0.25) is 4.79 Å². The Labute approximate surface area is 148 Å². The highest BCUT2D eigenvalue weighted by atomic mass is 19.2. The number of ether oxygens (including phenoxy) is 1. The molecular weight excluding hydrogens is 355 g/mol. The van der Waals surface area contributed by atoms with E-state index in [-0.39, 0.29) is 24.8 Å². The molecule has 2 N–H and O–H groups in total. The van der Waals surface area contributed by atoms with Gasteiger partial charge in [0.05, 0.1) is 0 Å². The highest BCUT2D eigenvalue weighted by molar-refractivity contribution is 5.96. The maximum atomic E-state index is 13.1. The van der Waals surface area contributed by atoms with Crippen LogP contribution in [-0.2, 0) is 9.53 Å². The van der Waals surface area contributed by atoms with Crippen LogP contribution < -0.4 is 5.32 Å². The van der Waals surface area contributed by atoms with Crippen molar-refractivity contribution in [2.24, 2.45) is 0 Å². The zero-order valence-electron chi connectivity index (χ0n) is 14.6. The van der Waals surface area contributed by atoms with Gasteiger partial charge in [-0.15, -0.1) is 0 Å². The van der Waals surface area contributed by atoms with Crippen LogP contribution in [0.2, 0.25) is 0 Å². The lowest BCUT2D eigenvalue weighted by atomic mass is 10.0. The number of amides is 1. The standard InChI is InChI=1S/C17H20F3NO5/c1-17(2,3)26-16(25)21-12(15(23)24)5-4-6-13(22)9-7-10(18)14(20)11(19)8-9/h7-8,12H,4-6H2,1-3H3,(H,21,25)(H,23,24)/t12-/m1/s1. The number of ketones is 1. The summed E-state index contributed by atoms with van der Waals surface area (Å²) in [7, 11) is 0. The molecule has 0 unspecified atom stereocenters. The second-order valence-corrected chi connectivity index (χ2v) is 6.61. The number of alkyl carbamates (subject to hydrolysis) is 1. The fraction of sp³-hybridized carbons (Fsp3) is 0.471. The van der Waals surface area contributed by atoms with Gasteiger partial charge in [-0.05, 0) is 45.7 Å². The summed E-state index contributed by atoms with van der Waals surface area (Å²) in [6.45, 7) is 4.84. The summed E-state index contributed by atoms with van der Waals surface area (Å²) >= 11 is 0. The molecule has 1 atom stereocenters. The van der Waals surface area contributed by atoms with Gasteiger partial charge in [0.25, 0.3) is 0 Å². The molecule has 0 heterocycles. The van der Waals surface area contributed by atoms with E-state index < -0.39 is 46.9 Å². The van der Waals surface area contributed by atoms with E-state index in [9.17, 15) is 27.6 Å². The first-order valence-electron chi connectivity index (χ1n) is 7.81. The van der Waals surface area contributed by atoms with Crippen LogP contribution >= 0.6 is 0 Å². The van der Waals surface area contributed by atoms with Gasteiger partial charge in [-0.1, -0.05) is 0 Å². The Hall–Kier alpha value is -2.58. The van der Waals surface area contributed by atoms with Crippen LogP contribution in [-0.4, -0.2) is 34.6 Å². The zero-order valence-corrected chi connectivity index (χ0v) is 14.6. The molecule has 6 nitrogen and oxygen atoms in total. The third-order valence-corrected chi connectivity index (χ3v) is 3.19. The third kappa shape index (κ3) is 6.73. The number of hydrogen-bond donors (Lipinski definition) is 2. The molecule has 9 heteroatoms. The van der Waals surface area contributed by atoms with Crippen LogP contribution in [0.15, 0.2) is 12.1 Å². The van der Waals surface area contributed by atoms with Crippen LogP contribution in [0.4, 0.5) is 18.0 Å². The Morgan fingerprint density at radius 3 is 2.15 bits per heavy atom. The molecule has 1 aromatic carbocycles. The number of aliphatic carboxylic acids is 1. The Balaban J connectivity index is 2.61. The molecule has 1 amide bonds. The summed E-state index contributed by atoms with van der Waals surface area (Å²) in [5.41, 5.74) is -1.16. The normalized spacial score (nSPS) is 12.4. The van der Waals surface area contributed by atoms with Crippen molar-refractivity contribution in [3.8, 4) is 0 Å². The molecule has 0 aliphatic heterocycles. The minimum Gasteiger partial charge on any atom is -0.480 e. The summed E-state index contributed by atoms with van der Waals surface area (Å²) in [6.07, 6.45) is -1.23. The second-order valence-electron chi connectivity index (χ2n) is 6.61. The molecule has 144 valence electrons. The van der Waals surface area contributed by atoms with Crippen LogP contribution in [0.25, 0.3) is 0 Å². The quantitative estimate of drug-likeness (QED) is 0.563. The van der Waals surface area contributed by atoms with Gasteiger partial charge in [-0.2, -0.15) is 0 Å². The Morgan fingerprint density at radius 1 is 1.15 bits per heavy atom. The number of hydrogen-bond acceptors (Lipinski definition) is 4. The highest BCUT2D eigenvalue weighted by Crippen LogP contribution is 2.16. The van der Waals surface area contributed by atoms with Gasteiger partial charge in [0, 0.05) is 12.0 Å². The predicted octanol–water partition coefficient (Wildman–Crippen LogP) is 3.43. The SMILES string of the molecule is CC(C)(C)OC(=O)N[C@H](CCCC(=O)c1cc(F)c(F)c(F)c1)C(=O)O. The predicted molar refractivity (Wildman–Crippen MR) is 85.3 cm³/mol. The molecule has 0 fully saturated rings. The van der Waals surface area contributed by atoms with E-state index in [1.165, 1.54) is 0 Å². The van der Waals surface area contributed by atoms with Crippen LogP contribution in [0.3, 0.4) is 0 Å². The maximum absolute atomic E-state index is 13.1. The fourth-order valence-electron chi connectivity index (χ4n) is 2.03. The minimum absolute atomic E-state index is 0.0201. The van der Waals surface area contributed by atoms with E-state index >= 15 is 0 Å². The van der Waals surface area contributed by atoms with Crippen molar-refractivity contribution in [2.45, 2.75) is 51.7 Å². The molecule has 1 aromatic rings. The van der Waals surface area contributed by atoms with Crippen LogP contribution in [0.1, 0.15) is 50.4 Å². The van der Waals surface area contributed by atoms with Gasteiger partial charge < -0.3 is 15.2 Å². The van der Waals surface area contributed by atoms with Crippen molar-refractivity contribution in [3.63, 3.8) is 0 Å². The molecule has 26 heavy (non-hydrogen) atoms. The Bertz CT molecular complexity index is 677. The second kappa shape index (κ2) is 8.68. The van der Waals surface area contributed by atoms with Crippen molar-refractivity contribution in [1.29, 1.82) is 0 Å². The van der Waals surface area contributed by atoms with Gasteiger partial charge in [0.15, 0.2) is 23.2 Å². The van der Waals surface area contributed by atoms with Crippen molar-refractivity contribution in [3.05, 3.63) is 35.1 Å². The van der Waals surface area contributed by atoms with Crippen molar-refractivity contribution in [1.82, 2.24) is 5.32 Å². The number of carbonyl (C=O) groups is 3. The molecule has 0 aliphatic carbocycles. The first-order chi connectivity index (χ1) is 11.9. The summed E-state index contributed by atoms with van der Waals surface area (Å²) in [5, 5.41) is 11.3. The monoisotopic (exact) mass is 375 g/mol. The van der Waals surface area contributed by atoms with Gasteiger partial charge in [0.2, 0.25) is 0 Å². The molecule has 1 rings (SSSR count). The molecule has 0 saturated carbocycles. The maximum Gasteiger partial charge on any atom is 0.408 e. The number of carboxylic acid groups (broad SMARTS) is 1. The molecule has 0 spiro atoms. The van der Waals surface area contributed by atoms with E-state index in [0.29, 0.717) is 12.1 Å². The highest BCUT2D eigenvalue weighted by Gasteiger charge is 2.24. The van der Waals surface area contributed by atoms with E-state index in [2.05, 4.69) is 5.32 Å². The average molecular weight is 375 g/mol. The van der Waals surface area contributed by atoms with Crippen molar-refractivity contribution in [2.75, 3.05) is 0 Å². The molecule has 0 radical (unpaired) electrons. The molecule has 0 bridgehead atoms. The number of rotatable bonds is 7. The van der Waals surface area contributed by atoms with Gasteiger partial charge in [-0.25, -0.2) is 22.8 Å². The van der Waals surface area contributed by atoms with E-state index in [1.54, 1.807) is 20.8 Å². The third-order valence-electron chi connectivity index (χ3n) is 3.19. The van der Waals surface area contributed by atoms with E-state index in [4.69, 9.17) is 9.84 Å². The van der Waals surface area contributed by atoms with Crippen LogP contribution in [0.5, 0.6) is 0 Å². The number of benzene rings is 1. The summed E-state index contributed by atoms with van der Waals surface area (Å²) < 4.78 is 44.1. The number of Topliss-reactive ketones (excluding diaryl/α,β-unsaturated/α-hetero) is 1. The summed E-state index contributed by atoms with van der Waals surface area (Å²) in [6, 6.07) is -0.137. The van der Waals surface area contributed by atoms with Crippen molar-refractivity contribution < 1.29 is 37.4 Å². The molecular formula is C17H20F3NO5. The largest absolute Gasteiger partial charge is 0.480 e. The van der Waals surface area contributed by atoms with E-state index in [0.717, 1.165) is 0 Å². The van der Waals surface area contributed by atoms with Crippen molar-refractivity contribution >= 4 is 17.8 Å². The van der Waals surface area contributed by atoms with Gasteiger partial charge >= 0.3 is 12.1 Å². The molecule has 0 saturated heterocycles.